The molecule has 0 radical (unpaired) electrons. The molecule has 1 aliphatic rings. The van der Waals surface area contributed by atoms with Crippen LogP contribution in [0.25, 0.3) is 0 Å². The predicted octanol–water partition coefficient (Wildman–Crippen LogP) is 1.37. The van der Waals surface area contributed by atoms with Crippen molar-refractivity contribution in [2.75, 3.05) is 0 Å². The van der Waals surface area contributed by atoms with Crippen LogP contribution in [0, 0.1) is 6.92 Å². The van der Waals surface area contributed by atoms with Gasteiger partial charge in [0.1, 0.15) is 5.75 Å². The van der Waals surface area contributed by atoms with E-state index >= 15 is 0 Å². The number of hydrogen-bond donors (Lipinski definition) is 0. The number of hydrogen-bond acceptors (Lipinski definition) is 5. The third-order valence-electron chi connectivity index (χ3n) is 2.92. The number of carbonyl (C=O) groups is 3. The van der Waals surface area contributed by atoms with E-state index in [0.29, 0.717) is 10.8 Å². The van der Waals surface area contributed by atoms with E-state index in [9.17, 15) is 14.4 Å². The number of hydroxylamine groups is 2. The van der Waals surface area contributed by atoms with Crippen LogP contribution in [0.1, 0.15) is 25.3 Å². The summed E-state index contributed by atoms with van der Waals surface area (Å²) in [6.07, 6.45) is -0.782. The van der Waals surface area contributed by atoms with Crippen LogP contribution in [0.3, 0.4) is 0 Å². The fraction of sp³-hybridized carbons (Fsp3) is 0.357. The van der Waals surface area contributed by atoms with E-state index in [1.165, 1.54) is 6.92 Å². The number of rotatable bonds is 4. The number of ether oxygens (including phenoxy) is 1. The minimum Gasteiger partial charge on any atom is -0.479 e. The average molecular weight is 277 g/mol. The molecule has 1 saturated heterocycles. The van der Waals surface area contributed by atoms with Crippen molar-refractivity contribution < 1.29 is 24.0 Å². The maximum atomic E-state index is 11.8. The summed E-state index contributed by atoms with van der Waals surface area (Å²) in [7, 11) is 0. The molecule has 0 N–H and O–H groups in total. The maximum Gasteiger partial charge on any atom is 0.372 e. The van der Waals surface area contributed by atoms with Gasteiger partial charge in [-0.25, -0.2) is 4.79 Å². The first-order valence-electron chi connectivity index (χ1n) is 6.29. The Balaban J connectivity index is 1.97. The van der Waals surface area contributed by atoms with Gasteiger partial charge in [-0.1, -0.05) is 18.2 Å². The van der Waals surface area contributed by atoms with Crippen molar-refractivity contribution in [1.82, 2.24) is 5.06 Å². The molecule has 1 aromatic carbocycles. The number of para-hydroxylation sites is 1. The van der Waals surface area contributed by atoms with Gasteiger partial charge in [-0.2, -0.15) is 0 Å². The van der Waals surface area contributed by atoms with Gasteiger partial charge in [0.15, 0.2) is 6.10 Å². The largest absolute Gasteiger partial charge is 0.479 e. The zero-order valence-corrected chi connectivity index (χ0v) is 11.3. The molecule has 0 aliphatic carbocycles. The summed E-state index contributed by atoms with van der Waals surface area (Å²) in [5, 5.41) is 0.514. The molecule has 6 heteroatoms. The van der Waals surface area contributed by atoms with E-state index in [4.69, 9.17) is 9.57 Å². The molecule has 6 nitrogen and oxygen atoms in total. The lowest BCUT2D eigenvalue weighted by Crippen LogP contribution is -2.37. The highest BCUT2D eigenvalue weighted by molar-refractivity contribution is 6.01. The maximum absolute atomic E-state index is 11.8. The first kappa shape index (κ1) is 14.0. The Kier molecular flexibility index (Phi) is 4.02. The van der Waals surface area contributed by atoms with Crippen LogP contribution >= 0.6 is 0 Å². The lowest BCUT2D eigenvalue weighted by molar-refractivity contribution is -0.201. The standard InChI is InChI=1S/C14H15NO5/c1-9-5-3-4-6-11(9)19-10(2)14(18)20-15-12(16)7-8-13(15)17/h3-6,10H,7-8H2,1-2H3. The van der Waals surface area contributed by atoms with Gasteiger partial charge in [-0.05, 0) is 25.5 Å². The van der Waals surface area contributed by atoms with E-state index in [2.05, 4.69) is 0 Å². The van der Waals surface area contributed by atoms with Crippen molar-refractivity contribution in [3.8, 4) is 5.75 Å². The summed E-state index contributed by atoms with van der Waals surface area (Å²) in [6.45, 7) is 3.35. The molecular weight excluding hydrogens is 262 g/mol. The second-order valence-corrected chi connectivity index (χ2v) is 4.52. The Morgan fingerprint density at radius 1 is 1.20 bits per heavy atom. The van der Waals surface area contributed by atoms with Crippen molar-refractivity contribution in [3.05, 3.63) is 29.8 Å². The second-order valence-electron chi connectivity index (χ2n) is 4.52. The third kappa shape index (κ3) is 2.96. The van der Waals surface area contributed by atoms with Crippen LogP contribution in [-0.2, 0) is 19.2 Å². The molecule has 0 bridgehead atoms. The minimum absolute atomic E-state index is 0.0686. The number of benzene rings is 1. The smallest absolute Gasteiger partial charge is 0.372 e. The van der Waals surface area contributed by atoms with Crippen LogP contribution in [0.4, 0.5) is 0 Å². The van der Waals surface area contributed by atoms with E-state index < -0.39 is 23.9 Å². The highest BCUT2D eigenvalue weighted by atomic mass is 16.7. The van der Waals surface area contributed by atoms with Crippen molar-refractivity contribution in [3.63, 3.8) is 0 Å². The number of amides is 2. The van der Waals surface area contributed by atoms with Gasteiger partial charge < -0.3 is 9.57 Å². The minimum atomic E-state index is -0.919. The number of imide groups is 1. The fourth-order valence-corrected chi connectivity index (χ4v) is 1.75. The van der Waals surface area contributed by atoms with Crippen LogP contribution in [0.15, 0.2) is 24.3 Å². The van der Waals surface area contributed by atoms with E-state index in [-0.39, 0.29) is 12.8 Å². The van der Waals surface area contributed by atoms with Crippen LogP contribution < -0.4 is 4.74 Å². The molecule has 0 spiro atoms. The number of aryl methyl sites for hydroxylation is 1. The van der Waals surface area contributed by atoms with Gasteiger partial charge >= 0.3 is 5.97 Å². The molecule has 1 aromatic rings. The molecule has 20 heavy (non-hydrogen) atoms. The van der Waals surface area contributed by atoms with E-state index in [0.717, 1.165) is 5.56 Å². The van der Waals surface area contributed by atoms with Gasteiger partial charge in [-0.15, -0.1) is 5.06 Å². The van der Waals surface area contributed by atoms with Gasteiger partial charge in [-0.3, -0.25) is 9.59 Å². The number of carbonyl (C=O) groups excluding carboxylic acids is 3. The topological polar surface area (TPSA) is 72.9 Å². The zero-order valence-electron chi connectivity index (χ0n) is 11.3. The Hall–Kier alpha value is -2.37. The van der Waals surface area contributed by atoms with Gasteiger partial charge in [0.25, 0.3) is 11.8 Å². The van der Waals surface area contributed by atoms with Crippen LogP contribution in [0.2, 0.25) is 0 Å². The monoisotopic (exact) mass is 277 g/mol. The molecule has 1 aliphatic heterocycles. The molecule has 0 saturated carbocycles. The summed E-state index contributed by atoms with van der Waals surface area (Å²) >= 11 is 0. The Labute approximate surface area is 116 Å². The van der Waals surface area contributed by atoms with Gasteiger partial charge in [0.05, 0.1) is 0 Å². The summed E-state index contributed by atoms with van der Waals surface area (Å²) in [4.78, 5) is 39.3. The SMILES string of the molecule is Cc1ccccc1OC(C)C(=O)ON1C(=O)CCC1=O. The van der Waals surface area contributed by atoms with Gasteiger partial charge in [0, 0.05) is 12.8 Å². The van der Waals surface area contributed by atoms with Crippen LogP contribution in [-0.4, -0.2) is 29.0 Å². The highest BCUT2D eigenvalue weighted by Gasteiger charge is 2.34. The van der Waals surface area contributed by atoms with Crippen molar-refractivity contribution in [1.29, 1.82) is 0 Å². The van der Waals surface area contributed by atoms with Crippen LogP contribution in [0.5, 0.6) is 5.75 Å². The first-order chi connectivity index (χ1) is 9.49. The predicted molar refractivity (Wildman–Crippen MR) is 68.4 cm³/mol. The fourth-order valence-electron chi connectivity index (χ4n) is 1.75. The van der Waals surface area contributed by atoms with E-state index in [1.54, 1.807) is 12.1 Å². The molecule has 0 aromatic heterocycles. The van der Waals surface area contributed by atoms with Crippen molar-refractivity contribution in [2.24, 2.45) is 0 Å². The lowest BCUT2D eigenvalue weighted by Gasteiger charge is -2.18. The molecule has 1 heterocycles. The molecule has 2 rings (SSSR count). The Morgan fingerprint density at radius 3 is 2.40 bits per heavy atom. The van der Waals surface area contributed by atoms with Gasteiger partial charge in [0.2, 0.25) is 0 Å². The summed E-state index contributed by atoms with van der Waals surface area (Å²) in [5.41, 5.74) is 0.875. The zero-order chi connectivity index (χ0) is 14.7. The normalized spacial score (nSPS) is 16.2. The molecule has 2 amide bonds. The summed E-state index contributed by atoms with van der Waals surface area (Å²) in [6, 6.07) is 7.22. The molecular formula is C14H15NO5. The quantitative estimate of drug-likeness (QED) is 0.777. The first-order valence-corrected chi connectivity index (χ1v) is 6.29. The Bertz CT molecular complexity index is 538. The van der Waals surface area contributed by atoms with Crippen molar-refractivity contribution >= 4 is 17.8 Å². The summed E-state index contributed by atoms with van der Waals surface area (Å²) in [5.74, 6) is -1.24. The summed E-state index contributed by atoms with van der Waals surface area (Å²) < 4.78 is 5.46. The van der Waals surface area contributed by atoms with Crippen molar-refractivity contribution in [2.45, 2.75) is 32.8 Å². The molecule has 106 valence electrons. The van der Waals surface area contributed by atoms with E-state index in [1.807, 2.05) is 19.1 Å². The molecule has 1 atom stereocenters. The number of nitrogens with zero attached hydrogens (tertiary/aromatic N) is 1. The second kappa shape index (κ2) is 5.73. The Morgan fingerprint density at radius 2 is 1.80 bits per heavy atom. The average Bonchev–Trinajstić information content (AvgIpc) is 2.73. The molecule has 1 unspecified atom stereocenters. The third-order valence-corrected chi connectivity index (χ3v) is 2.92. The molecule has 1 fully saturated rings. The highest BCUT2D eigenvalue weighted by Crippen LogP contribution is 2.19. The lowest BCUT2D eigenvalue weighted by atomic mass is 10.2.